The zero-order chi connectivity index (χ0) is 17.4. The summed E-state index contributed by atoms with van der Waals surface area (Å²) in [4.78, 5) is 26.5. The molecular formula is C18H18ClN3O3. The monoisotopic (exact) mass is 359 g/mol. The highest BCUT2D eigenvalue weighted by Crippen LogP contribution is 2.26. The standard InChI is InChI=1S/C18H18ClN3O3/c19-11-5-7-13(8-6-11)22-10-12(9-16(22)23)20-18(24)17-14-3-1-2-4-15(14)21-25-17/h5-8,12H,1-4,9-10H2,(H,20,24)/t12-/m1/s1. The second-order valence-electron chi connectivity index (χ2n) is 6.50. The van der Waals surface area contributed by atoms with E-state index in [1.54, 1.807) is 29.2 Å². The minimum absolute atomic E-state index is 0.0211. The first-order chi connectivity index (χ1) is 12.1. The number of carbonyl (C=O) groups is 2. The van der Waals surface area contributed by atoms with E-state index in [4.69, 9.17) is 16.1 Å². The molecule has 1 aliphatic heterocycles. The summed E-state index contributed by atoms with van der Waals surface area (Å²) in [6.45, 7) is 0.433. The Morgan fingerprint density at radius 1 is 1.24 bits per heavy atom. The van der Waals surface area contributed by atoms with Crippen LogP contribution < -0.4 is 10.2 Å². The first-order valence-corrected chi connectivity index (χ1v) is 8.84. The maximum Gasteiger partial charge on any atom is 0.290 e. The molecule has 4 rings (SSSR count). The lowest BCUT2D eigenvalue weighted by Crippen LogP contribution is -2.37. The van der Waals surface area contributed by atoms with Crippen LogP contribution in [0.3, 0.4) is 0 Å². The van der Waals surface area contributed by atoms with Gasteiger partial charge in [0.05, 0.1) is 11.7 Å². The maximum absolute atomic E-state index is 12.5. The quantitative estimate of drug-likeness (QED) is 0.914. The molecule has 1 fully saturated rings. The normalized spacial score (nSPS) is 19.8. The fraction of sp³-hybridized carbons (Fsp3) is 0.389. The second kappa shape index (κ2) is 6.52. The summed E-state index contributed by atoms with van der Waals surface area (Å²) in [5.74, 6) is -0.00859. The van der Waals surface area contributed by atoms with Crippen LogP contribution in [0.5, 0.6) is 0 Å². The molecule has 1 saturated heterocycles. The van der Waals surface area contributed by atoms with E-state index >= 15 is 0 Å². The molecule has 0 radical (unpaired) electrons. The Balaban J connectivity index is 1.45. The Bertz CT molecular complexity index is 815. The van der Waals surface area contributed by atoms with Crippen LogP contribution in [0, 0.1) is 0 Å². The molecule has 1 aliphatic carbocycles. The summed E-state index contributed by atoms with van der Waals surface area (Å²) in [5, 5.41) is 7.54. The number of halogens is 1. The third kappa shape index (κ3) is 3.14. The number of aryl methyl sites for hydroxylation is 1. The third-order valence-electron chi connectivity index (χ3n) is 4.76. The van der Waals surface area contributed by atoms with Crippen LogP contribution in [0.1, 0.15) is 41.1 Å². The topological polar surface area (TPSA) is 75.4 Å². The molecule has 0 saturated carbocycles. The average molecular weight is 360 g/mol. The van der Waals surface area contributed by atoms with E-state index in [0.717, 1.165) is 42.6 Å². The van der Waals surface area contributed by atoms with E-state index < -0.39 is 0 Å². The smallest absolute Gasteiger partial charge is 0.290 e. The van der Waals surface area contributed by atoms with Crippen LogP contribution in [-0.4, -0.2) is 29.6 Å². The summed E-state index contributed by atoms with van der Waals surface area (Å²) in [5.41, 5.74) is 2.59. The van der Waals surface area contributed by atoms with Crippen molar-refractivity contribution >= 4 is 29.1 Å². The fourth-order valence-corrected chi connectivity index (χ4v) is 3.62. The van der Waals surface area contributed by atoms with E-state index in [2.05, 4.69) is 10.5 Å². The SMILES string of the molecule is O=C(N[C@@H]1CC(=O)N(c2ccc(Cl)cc2)C1)c1onc2c1CCCC2. The number of amides is 2. The maximum atomic E-state index is 12.5. The van der Waals surface area contributed by atoms with E-state index in [0.29, 0.717) is 17.3 Å². The molecule has 0 unspecified atom stereocenters. The molecule has 2 aliphatic rings. The third-order valence-corrected chi connectivity index (χ3v) is 5.02. The van der Waals surface area contributed by atoms with Gasteiger partial charge in [0.25, 0.3) is 5.91 Å². The highest BCUT2D eigenvalue weighted by molar-refractivity contribution is 6.30. The van der Waals surface area contributed by atoms with Crippen LogP contribution in [0.15, 0.2) is 28.8 Å². The van der Waals surface area contributed by atoms with Crippen molar-refractivity contribution in [1.82, 2.24) is 10.5 Å². The number of rotatable bonds is 3. The van der Waals surface area contributed by atoms with Gasteiger partial charge in [-0.3, -0.25) is 9.59 Å². The average Bonchev–Trinajstić information content (AvgIpc) is 3.19. The van der Waals surface area contributed by atoms with Crippen LogP contribution in [0.2, 0.25) is 5.02 Å². The Labute approximate surface area is 150 Å². The predicted molar refractivity (Wildman–Crippen MR) is 92.8 cm³/mol. The van der Waals surface area contributed by atoms with Gasteiger partial charge in [0, 0.05) is 29.2 Å². The lowest BCUT2D eigenvalue weighted by Gasteiger charge is -2.17. The van der Waals surface area contributed by atoms with Crippen molar-refractivity contribution in [3.05, 3.63) is 46.3 Å². The molecule has 1 atom stereocenters. The molecule has 7 heteroatoms. The summed E-state index contributed by atoms with van der Waals surface area (Å²) in [7, 11) is 0. The zero-order valence-corrected chi connectivity index (χ0v) is 14.4. The largest absolute Gasteiger partial charge is 0.350 e. The molecule has 0 spiro atoms. The molecule has 1 aromatic carbocycles. The lowest BCUT2D eigenvalue weighted by molar-refractivity contribution is -0.117. The van der Waals surface area contributed by atoms with Crippen LogP contribution in [0.25, 0.3) is 0 Å². The van der Waals surface area contributed by atoms with Crippen molar-refractivity contribution in [3.63, 3.8) is 0 Å². The Morgan fingerprint density at radius 3 is 2.80 bits per heavy atom. The van der Waals surface area contributed by atoms with E-state index in [-0.39, 0.29) is 24.3 Å². The number of hydrogen-bond acceptors (Lipinski definition) is 4. The summed E-state index contributed by atoms with van der Waals surface area (Å²) in [6, 6.07) is 6.85. The molecule has 6 nitrogen and oxygen atoms in total. The van der Waals surface area contributed by atoms with Crippen molar-refractivity contribution in [2.24, 2.45) is 0 Å². The summed E-state index contributed by atoms with van der Waals surface area (Å²) >= 11 is 5.89. The van der Waals surface area contributed by atoms with Gasteiger partial charge in [0.15, 0.2) is 0 Å². The predicted octanol–water partition coefficient (Wildman–Crippen LogP) is 2.74. The van der Waals surface area contributed by atoms with Gasteiger partial charge in [0.2, 0.25) is 11.7 Å². The minimum Gasteiger partial charge on any atom is -0.350 e. The second-order valence-corrected chi connectivity index (χ2v) is 6.94. The van der Waals surface area contributed by atoms with Crippen molar-refractivity contribution in [1.29, 1.82) is 0 Å². The number of nitrogens with one attached hydrogen (secondary N) is 1. The first-order valence-electron chi connectivity index (χ1n) is 8.46. The molecule has 2 amide bonds. The van der Waals surface area contributed by atoms with Gasteiger partial charge in [-0.1, -0.05) is 16.8 Å². The van der Waals surface area contributed by atoms with Gasteiger partial charge in [0.1, 0.15) is 0 Å². The van der Waals surface area contributed by atoms with Crippen molar-refractivity contribution in [2.45, 2.75) is 38.1 Å². The number of fused-ring (bicyclic) bond motifs is 1. The van der Waals surface area contributed by atoms with Crippen molar-refractivity contribution in [2.75, 3.05) is 11.4 Å². The molecule has 1 N–H and O–H groups in total. The van der Waals surface area contributed by atoms with E-state index in [1.165, 1.54) is 0 Å². The molecule has 0 bridgehead atoms. The van der Waals surface area contributed by atoms with Gasteiger partial charge < -0.3 is 14.7 Å². The number of aromatic nitrogens is 1. The number of anilines is 1. The Morgan fingerprint density at radius 2 is 2.00 bits per heavy atom. The van der Waals surface area contributed by atoms with E-state index in [9.17, 15) is 9.59 Å². The Kier molecular flexibility index (Phi) is 4.21. The van der Waals surface area contributed by atoms with Gasteiger partial charge in [-0.15, -0.1) is 0 Å². The van der Waals surface area contributed by atoms with Crippen molar-refractivity contribution in [3.8, 4) is 0 Å². The number of hydrogen-bond donors (Lipinski definition) is 1. The number of nitrogens with zero attached hydrogens (tertiary/aromatic N) is 2. The lowest BCUT2D eigenvalue weighted by atomic mass is 9.96. The number of benzene rings is 1. The minimum atomic E-state index is -0.286. The van der Waals surface area contributed by atoms with Gasteiger partial charge in [-0.05, 0) is 49.9 Å². The van der Waals surface area contributed by atoms with Crippen LogP contribution in [-0.2, 0) is 17.6 Å². The molecule has 2 heterocycles. The molecule has 1 aromatic heterocycles. The van der Waals surface area contributed by atoms with Gasteiger partial charge >= 0.3 is 0 Å². The summed E-state index contributed by atoms with van der Waals surface area (Å²) in [6.07, 6.45) is 4.07. The van der Waals surface area contributed by atoms with Gasteiger partial charge in [-0.25, -0.2) is 0 Å². The number of carbonyl (C=O) groups excluding carboxylic acids is 2. The van der Waals surface area contributed by atoms with Crippen LogP contribution in [0.4, 0.5) is 5.69 Å². The molecule has 25 heavy (non-hydrogen) atoms. The summed E-state index contributed by atoms with van der Waals surface area (Å²) < 4.78 is 5.27. The highest BCUT2D eigenvalue weighted by Gasteiger charge is 2.33. The van der Waals surface area contributed by atoms with Crippen LogP contribution >= 0.6 is 11.6 Å². The Hall–Kier alpha value is -2.34. The molecular weight excluding hydrogens is 342 g/mol. The molecule has 2 aromatic rings. The van der Waals surface area contributed by atoms with Gasteiger partial charge in [-0.2, -0.15) is 0 Å². The molecule has 130 valence electrons. The fourth-order valence-electron chi connectivity index (χ4n) is 3.49. The van der Waals surface area contributed by atoms with E-state index in [1.807, 2.05) is 0 Å². The van der Waals surface area contributed by atoms with Crippen molar-refractivity contribution < 1.29 is 14.1 Å². The zero-order valence-electron chi connectivity index (χ0n) is 13.6. The first kappa shape index (κ1) is 16.1. The highest BCUT2D eigenvalue weighted by atomic mass is 35.5.